The van der Waals surface area contributed by atoms with E-state index in [4.69, 9.17) is 5.11 Å². The Hall–Kier alpha value is -0.531. The Morgan fingerprint density at radius 3 is 3.08 bits per heavy atom. The number of hydrogen-bond donors (Lipinski definition) is 1. The van der Waals surface area contributed by atoms with Gasteiger partial charge in [-0.1, -0.05) is 0 Å². The molecule has 1 atom stereocenters. The molecule has 1 heterocycles. The van der Waals surface area contributed by atoms with Crippen molar-refractivity contribution in [3.8, 4) is 5.75 Å². The van der Waals surface area contributed by atoms with E-state index < -0.39 is 5.82 Å². The number of hydrogen-bond acceptors (Lipinski definition) is 1. The number of phenols is 1. The van der Waals surface area contributed by atoms with Crippen molar-refractivity contribution in [1.29, 1.82) is 0 Å². The van der Waals surface area contributed by atoms with Crippen molar-refractivity contribution in [2.75, 3.05) is 0 Å². The molecule has 3 heteroatoms. The van der Waals surface area contributed by atoms with Crippen LogP contribution in [-0.2, 0) is 6.42 Å². The fourth-order valence-electron chi connectivity index (χ4n) is 1.44. The molecule has 0 aromatic heterocycles. The second-order valence-corrected chi connectivity index (χ2v) is 6.11. The normalized spacial score (nSPS) is 21.0. The second kappa shape index (κ2) is 2.75. The molecule has 0 spiro atoms. The summed E-state index contributed by atoms with van der Waals surface area (Å²) in [6, 6.07) is 3.30. The molecular formula is C9H9FOSe. The van der Waals surface area contributed by atoms with Gasteiger partial charge in [0.1, 0.15) is 0 Å². The Morgan fingerprint density at radius 2 is 2.33 bits per heavy atom. The summed E-state index contributed by atoms with van der Waals surface area (Å²) in [6.07, 6.45) is 0.787. The predicted molar refractivity (Wildman–Crippen MR) is 46.6 cm³/mol. The molecule has 0 fully saturated rings. The molecule has 1 nitrogen and oxygen atoms in total. The quantitative estimate of drug-likeness (QED) is 0.666. The molecule has 1 unspecified atom stereocenters. The Balaban J connectivity index is 2.54. The Labute approximate surface area is 76.8 Å². The van der Waals surface area contributed by atoms with Crippen LogP contribution in [0.4, 0.5) is 4.39 Å². The second-order valence-electron chi connectivity index (χ2n) is 3.01. The summed E-state index contributed by atoms with van der Waals surface area (Å²) in [5.41, 5.74) is 0.738. The third kappa shape index (κ3) is 1.13. The van der Waals surface area contributed by atoms with Crippen LogP contribution >= 0.6 is 0 Å². The van der Waals surface area contributed by atoms with Crippen molar-refractivity contribution in [3.63, 3.8) is 0 Å². The van der Waals surface area contributed by atoms with E-state index in [1.54, 1.807) is 0 Å². The minimum atomic E-state index is -0.404. The van der Waals surface area contributed by atoms with Crippen LogP contribution in [0.25, 0.3) is 0 Å². The van der Waals surface area contributed by atoms with Gasteiger partial charge in [0.15, 0.2) is 0 Å². The van der Waals surface area contributed by atoms with Crippen molar-refractivity contribution in [1.82, 2.24) is 0 Å². The average Bonchev–Trinajstić information content (AvgIpc) is 2.39. The molecule has 0 saturated carbocycles. The number of halogens is 1. The zero-order chi connectivity index (χ0) is 8.72. The number of phenolic OH excluding ortho intramolecular Hbond substituents is 1. The maximum absolute atomic E-state index is 13.2. The standard InChI is InChI=1S/C9H9FOSe/c1-5-4-6-8(12-5)3-2-7(11)9(6)10/h2-3,5,11H,4H2,1H3. The van der Waals surface area contributed by atoms with Gasteiger partial charge in [0.2, 0.25) is 0 Å². The molecule has 0 saturated heterocycles. The molecule has 64 valence electrons. The Kier molecular flexibility index (Phi) is 1.85. The van der Waals surface area contributed by atoms with Crippen molar-refractivity contribution in [2.24, 2.45) is 0 Å². The van der Waals surface area contributed by atoms with E-state index in [9.17, 15) is 4.39 Å². The predicted octanol–water partition coefficient (Wildman–Crippen LogP) is 1.23. The summed E-state index contributed by atoms with van der Waals surface area (Å²) in [6.45, 7) is 2.12. The van der Waals surface area contributed by atoms with E-state index in [1.807, 2.05) is 6.07 Å². The Morgan fingerprint density at radius 1 is 1.58 bits per heavy atom. The van der Waals surface area contributed by atoms with Crippen LogP contribution in [0, 0.1) is 5.82 Å². The molecule has 12 heavy (non-hydrogen) atoms. The fourth-order valence-corrected chi connectivity index (χ4v) is 3.84. The first-order valence-electron chi connectivity index (χ1n) is 3.85. The van der Waals surface area contributed by atoms with Crippen LogP contribution in [0.15, 0.2) is 12.1 Å². The van der Waals surface area contributed by atoms with Gasteiger partial charge in [-0.2, -0.15) is 0 Å². The first-order valence-corrected chi connectivity index (χ1v) is 5.70. The molecule has 2 rings (SSSR count). The topological polar surface area (TPSA) is 20.2 Å². The van der Waals surface area contributed by atoms with E-state index in [-0.39, 0.29) is 5.75 Å². The molecule has 1 aromatic rings. The minimum absolute atomic E-state index is 0.210. The Bertz CT molecular complexity index is 325. The van der Waals surface area contributed by atoms with Crippen LogP contribution in [0.3, 0.4) is 0 Å². The van der Waals surface area contributed by atoms with Gasteiger partial charge in [0.05, 0.1) is 0 Å². The maximum atomic E-state index is 13.2. The van der Waals surface area contributed by atoms with Crippen molar-refractivity contribution in [2.45, 2.75) is 18.2 Å². The third-order valence-corrected chi connectivity index (χ3v) is 4.53. The van der Waals surface area contributed by atoms with Gasteiger partial charge in [-0.25, -0.2) is 0 Å². The zero-order valence-corrected chi connectivity index (χ0v) is 8.39. The first kappa shape index (κ1) is 8.09. The van der Waals surface area contributed by atoms with Crippen molar-refractivity contribution in [3.05, 3.63) is 23.5 Å². The van der Waals surface area contributed by atoms with Crippen LogP contribution in [0.2, 0.25) is 4.82 Å². The molecule has 0 aliphatic carbocycles. The number of rotatable bonds is 0. The SMILES string of the molecule is CC1Cc2c(ccc(O)c2F)[Se]1. The van der Waals surface area contributed by atoms with E-state index in [0.29, 0.717) is 19.8 Å². The van der Waals surface area contributed by atoms with Gasteiger partial charge in [0.25, 0.3) is 0 Å². The van der Waals surface area contributed by atoms with Gasteiger partial charge >= 0.3 is 76.3 Å². The molecule has 0 amide bonds. The van der Waals surface area contributed by atoms with Crippen molar-refractivity contribution >= 4 is 19.4 Å². The molecule has 0 bridgehead atoms. The van der Waals surface area contributed by atoms with E-state index in [0.717, 1.165) is 16.4 Å². The van der Waals surface area contributed by atoms with Gasteiger partial charge in [-0.15, -0.1) is 0 Å². The summed E-state index contributed by atoms with van der Waals surface area (Å²) >= 11 is 0.393. The van der Waals surface area contributed by atoms with Crippen LogP contribution in [0.1, 0.15) is 12.5 Å². The molecule has 1 aliphatic heterocycles. The average molecular weight is 231 g/mol. The van der Waals surface area contributed by atoms with Gasteiger partial charge in [0, 0.05) is 0 Å². The number of aromatic hydroxyl groups is 1. The van der Waals surface area contributed by atoms with E-state index >= 15 is 0 Å². The molecule has 1 N–H and O–H groups in total. The number of fused-ring (bicyclic) bond motifs is 1. The summed E-state index contributed by atoms with van der Waals surface area (Å²) in [5, 5.41) is 9.10. The van der Waals surface area contributed by atoms with E-state index in [2.05, 4.69) is 6.92 Å². The summed E-state index contributed by atoms with van der Waals surface area (Å²) in [4.78, 5) is 0.573. The fraction of sp³-hybridized carbons (Fsp3) is 0.333. The van der Waals surface area contributed by atoms with Crippen LogP contribution < -0.4 is 4.46 Å². The first-order chi connectivity index (χ1) is 5.68. The molecule has 1 aliphatic rings. The molecule has 1 aromatic carbocycles. The van der Waals surface area contributed by atoms with Gasteiger partial charge in [-0.05, 0) is 0 Å². The summed E-state index contributed by atoms with van der Waals surface area (Å²) < 4.78 is 14.4. The van der Waals surface area contributed by atoms with Crippen molar-refractivity contribution < 1.29 is 9.50 Å². The van der Waals surface area contributed by atoms with Crippen LogP contribution in [-0.4, -0.2) is 20.1 Å². The summed E-state index contributed by atoms with van der Waals surface area (Å²) in [7, 11) is 0. The van der Waals surface area contributed by atoms with E-state index in [1.165, 1.54) is 6.07 Å². The number of benzene rings is 1. The third-order valence-electron chi connectivity index (χ3n) is 2.00. The molecular weight excluding hydrogens is 222 g/mol. The monoisotopic (exact) mass is 232 g/mol. The molecule has 0 radical (unpaired) electrons. The summed E-state index contributed by atoms with van der Waals surface area (Å²) in [5.74, 6) is -0.614. The zero-order valence-electron chi connectivity index (χ0n) is 6.67. The van der Waals surface area contributed by atoms with Crippen LogP contribution in [0.5, 0.6) is 5.75 Å². The van der Waals surface area contributed by atoms with Gasteiger partial charge < -0.3 is 0 Å². The van der Waals surface area contributed by atoms with Gasteiger partial charge in [-0.3, -0.25) is 0 Å².